The molecule has 0 bridgehead atoms. The third kappa shape index (κ3) is 1.88. The molecule has 1 spiro atoms. The van der Waals surface area contributed by atoms with Gasteiger partial charge in [-0.15, -0.1) is 0 Å². The smallest absolute Gasteiger partial charge is 0.305 e. The van der Waals surface area contributed by atoms with Gasteiger partial charge in [0.05, 0.1) is 29.9 Å². The molecule has 5 heteroatoms. The minimum Gasteiger partial charge on any atom is -0.481 e. The number of fused-ring (bicyclic) bond motifs is 2. The average molecular weight is 324 g/mol. The normalized spacial score (nSPS) is 28.6. The number of hydrogen-bond donors (Lipinski definition) is 1. The summed E-state index contributed by atoms with van der Waals surface area (Å²) >= 11 is 0. The SMILES string of the molecule is O=C(O)C[C@@H]1C[C@H]2[C@H](C=CC23Oc2cccc4cccc(c24)O3)O1. The molecule has 5 rings (SSSR count). The van der Waals surface area contributed by atoms with Gasteiger partial charge in [0, 0.05) is 0 Å². The predicted octanol–water partition coefficient (Wildman–Crippen LogP) is 3.13. The van der Waals surface area contributed by atoms with Gasteiger partial charge < -0.3 is 19.3 Å². The molecule has 3 aliphatic rings. The van der Waals surface area contributed by atoms with Crippen molar-refractivity contribution in [2.75, 3.05) is 0 Å². The van der Waals surface area contributed by atoms with Crippen molar-refractivity contribution in [3.8, 4) is 11.5 Å². The molecule has 122 valence electrons. The Morgan fingerprint density at radius 2 is 1.88 bits per heavy atom. The Morgan fingerprint density at radius 3 is 2.54 bits per heavy atom. The highest BCUT2D eigenvalue weighted by molar-refractivity contribution is 5.94. The number of carboxylic acid groups (broad SMARTS) is 1. The standard InChI is InChI=1S/C19H16O5/c20-17(21)10-12-9-13-14(22-12)7-8-19(13)23-15-5-1-3-11-4-2-6-16(24-19)18(11)15/h1-8,12-14H,9-10H2,(H,20,21)/t12-,13-,14-/m0/s1. The highest BCUT2D eigenvalue weighted by atomic mass is 16.7. The van der Waals surface area contributed by atoms with Gasteiger partial charge in [-0.25, -0.2) is 0 Å². The van der Waals surface area contributed by atoms with Crippen LogP contribution in [-0.2, 0) is 9.53 Å². The Bertz CT molecular complexity index is 830. The molecule has 0 radical (unpaired) electrons. The lowest BCUT2D eigenvalue weighted by molar-refractivity contribution is -0.139. The van der Waals surface area contributed by atoms with Gasteiger partial charge in [-0.1, -0.05) is 30.3 Å². The molecular weight excluding hydrogens is 308 g/mol. The van der Waals surface area contributed by atoms with Crippen molar-refractivity contribution in [3.63, 3.8) is 0 Å². The fourth-order valence-corrected chi connectivity index (χ4v) is 4.07. The lowest BCUT2D eigenvalue weighted by atomic mass is 9.93. The Hall–Kier alpha value is -2.53. The zero-order valence-corrected chi connectivity index (χ0v) is 12.8. The maximum atomic E-state index is 11.0. The van der Waals surface area contributed by atoms with E-state index >= 15 is 0 Å². The number of ether oxygens (including phenoxy) is 3. The Balaban J connectivity index is 1.52. The quantitative estimate of drug-likeness (QED) is 0.860. The molecule has 2 heterocycles. The summed E-state index contributed by atoms with van der Waals surface area (Å²) in [6, 6.07) is 11.9. The van der Waals surface area contributed by atoms with Crippen LogP contribution < -0.4 is 9.47 Å². The van der Waals surface area contributed by atoms with Crippen LogP contribution in [-0.4, -0.2) is 29.1 Å². The van der Waals surface area contributed by atoms with E-state index in [0.717, 1.165) is 22.3 Å². The van der Waals surface area contributed by atoms with Crippen LogP contribution in [0.1, 0.15) is 12.8 Å². The van der Waals surface area contributed by atoms with Crippen LogP contribution in [0.4, 0.5) is 0 Å². The monoisotopic (exact) mass is 324 g/mol. The van der Waals surface area contributed by atoms with Crippen molar-refractivity contribution in [3.05, 3.63) is 48.6 Å². The first-order valence-electron chi connectivity index (χ1n) is 8.11. The van der Waals surface area contributed by atoms with E-state index in [2.05, 4.69) is 0 Å². The summed E-state index contributed by atoms with van der Waals surface area (Å²) in [5.41, 5.74) is 0. The minimum atomic E-state index is -0.916. The summed E-state index contributed by atoms with van der Waals surface area (Å²) in [5, 5.41) is 11.1. The van der Waals surface area contributed by atoms with E-state index in [-0.39, 0.29) is 24.5 Å². The molecular formula is C19H16O5. The number of benzene rings is 2. The summed E-state index contributed by atoms with van der Waals surface area (Å²) in [6.45, 7) is 0. The molecule has 2 aliphatic heterocycles. The van der Waals surface area contributed by atoms with Crippen molar-refractivity contribution < 1.29 is 24.1 Å². The van der Waals surface area contributed by atoms with E-state index in [0.29, 0.717) is 6.42 Å². The van der Waals surface area contributed by atoms with Crippen LogP contribution in [0.2, 0.25) is 0 Å². The second-order valence-electron chi connectivity index (χ2n) is 6.56. The minimum absolute atomic E-state index is 0.00306. The summed E-state index contributed by atoms with van der Waals surface area (Å²) < 4.78 is 18.4. The molecule has 1 saturated heterocycles. The molecule has 2 aromatic rings. The van der Waals surface area contributed by atoms with Crippen molar-refractivity contribution in [1.82, 2.24) is 0 Å². The maximum absolute atomic E-state index is 11.0. The Kier molecular flexibility index (Phi) is 2.74. The molecule has 3 atom stereocenters. The second kappa shape index (κ2) is 4.74. The van der Waals surface area contributed by atoms with Crippen molar-refractivity contribution in [1.29, 1.82) is 0 Å². The van der Waals surface area contributed by atoms with Gasteiger partial charge in [0.1, 0.15) is 11.5 Å². The van der Waals surface area contributed by atoms with E-state index in [9.17, 15) is 4.79 Å². The first kappa shape index (κ1) is 13.9. The fourth-order valence-electron chi connectivity index (χ4n) is 4.07. The van der Waals surface area contributed by atoms with Gasteiger partial charge in [-0.3, -0.25) is 4.79 Å². The Labute approximate surface area is 138 Å². The molecule has 1 N–H and O–H groups in total. The van der Waals surface area contributed by atoms with Gasteiger partial charge in [-0.2, -0.15) is 0 Å². The molecule has 24 heavy (non-hydrogen) atoms. The summed E-state index contributed by atoms with van der Waals surface area (Å²) in [5.74, 6) is -0.229. The molecule has 2 aromatic carbocycles. The van der Waals surface area contributed by atoms with Crippen LogP contribution in [0.3, 0.4) is 0 Å². The highest BCUT2D eigenvalue weighted by Crippen LogP contribution is 2.50. The van der Waals surface area contributed by atoms with Crippen molar-refractivity contribution >= 4 is 16.7 Å². The van der Waals surface area contributed by atoms with Crippen LogP contribution in [0.25, 0.3) is 10.8 Å². The third-order valence-corrected chi connectivity index (χ3v) is 5.07. The van der Waals surface area contributed by atoms with Gasteiger partial charge >= 0.3 is 5.97 Å². The summed E-state index contributed by atoms with van der Waals surface area (Å²) in [4.78, 5) is 11.0. The topological polar surface area (TPSA) is 65.0 Å². The summed E-state index contributed by atoms with van der Waals surface area (Å²) in [7, 11) is 0. The molecule has 0 amide bonds. The van der Waals surface area contributed by atoms with Crippen LogP contribution in [0.5, 0.6) is 11.5 Å². The molecule has 5 nitrogen and oxygen atoms in total. The van der Waals surface area contributed by atoms with Gasteiger partial charge in [0.15, 0.2) is 0 Å². The number of carboxylic acids is 1. The van der Waals surface area contributed by atoms with E-state index < -0.39 is 11.8 Å². The van der Waals surface area contributed by atoms with Gasteiger partial charge in [0.25, 0.3) is 5.79 Å². The molecule has 0 aromatic heterocycles. The van der Waals surface area contributed by atoms with Crippen molar-refractivity contribution in [2.45, 2.75) is 30.8 Å². The second-order valence-corrected chi connectivity index (χ2v) is 6.56. The van der Waals surface area contributed by atoms with Gasteiger partial charge in [-0.05, 0) is 30.0 Å². The largest absolute Gasteiger partial charge is 0.481 e. The predicted molar refractivity (Wildman–Crippen MR) is 86.1 cm³/mol. The highest BCUT2D eigenvalue weighted by Gasteiger charge is 2.56. The molecule has 0 saturated carbocycles. The summed E-state index contributed by atoms with van der Waals surface area (Å²) in [6.07, 6.45) is 3.97. The van der Waals surface area contributed by atoms with E-state index in [1.165, 1.54) is 0 Å². The fraction of sp³-hybridized carbons (Fsp3) is 0.316. The lowest BCUT2D eigenvalue weighted by Gasteiger charge is -2.38. The van der Waals surface area contributed by atoms with Crippen molar-refractivity contribution in [2.24, 2.45) is 5.92 Å². The molecule has 0 unspecified atom stereocenters. The third-order valence-electron chi connectivity index (χ3n) is 5.07. The number of hydrogen-bond acceptors (Lipinski definition) is 4. The maximum Gasteiger partial charge on any atom is 0.305 e. The number of aliphatic carboxylic acids is 1. The first-order valence-corrected chi connectivity index (χ1v) is 8.11. The Morgan fingerprint density at radius 1 is 1.17 bits per heavy atom. The van der Waals surface area contributed by atoms with Crippen LogP contribution >= 0.6 is 0 Å². The molecule has 1 fully saturated rings. The number of rotatable bonds is 2. The van der Waals surface area contributed by atoms with Gasteiger partial charge in [0.2, 0.25) is 0 Å². The van der Waals surface area contributed by atoms with E-state index in [4.69, 9.17) is 19.3 Å². The molecule has 1 aliphatic carbocycles. The van der Waals surface area contributed by atoms with Crippen LogP contribution in [0.15, 0.2) is 48.6 Å². The zero-order chi connectivity index (χ0) is 16.3. The number of carbonyl (C=O) groups is 1. The zero-order valence-electron chi connectivity index (χ0n) is 12.8. The van der Waals surface area contributed by atoms with Crippen LogP contribution in [0, 0.1) is 5.92 Å². The lowest BCUT2D eigenvalue weighted by Crippen LogP contribution is -2.48. The first-order chi connectivity index (χ1) is 11.6. The van der Waals surface area contributed by atoms with E-state index in [1.807, 2.05) is 48.6 Å². The van der Waals surface area contributed by atoms with E-state index in [1.54, 1.807) is 0 Å². The average Bonchev–Trinajstić information content (AvgIpc) is 3.08.